The molecular formula is C36H42N3NaO10S. The van der Waals surface area contributed by atoms with Crippen molar-refractivity contribution in [2.45, 2.75) is 56.0 Å². The first kappa shape index (κ1) is 42.1. The van der Waals surface area contributed by atoms with Gasteiger partial charge >= 0.3 is 29.6 Å². The number of benzene rings is 3. The van der Waals surface area contributed by atoms with Crippen LogP contribution in [-0.2, 0) is 19.1 Å². The fraction of sp³-hybridized carbons (Fsp3) is 0.389. The van der Waals surface area contributed by atoms with E-state index in [9.17, 15) is 39.6 Å². The second kappa shape index (κ2) is 20.7. The van der Waals surface area contributed by atoms with Crippen LogP contribution in [0.25, 0.3) is 11.1 Å². The second-order valence-electron chi connectivity index (χ2n) is 11.8. The van der Waals surface area contributed by atoms with Crippen molar-refractivity contribution < 1.29 is 78.6 Å². The quantitative estimate of drug-likeness (QED) is 0.0632. The van der Waals surface area contributed by atoms with Gasteiger partial charge in [-0.2, -0.15) is 11.8 Å². The van der Waals surface area contributed by atoms with E-state index < -0.39 is 67.0 Å². The standard InChI is InChI=1S/C36H43N3O10S.Na/c1-23(40)39-30-28(41)21-36(35(46)47,48-18-8-19-50-20-17-37-33(44)26-11-6-3-7-12-26)49-32(30)31(43)29(42)22-38-34(45)27-15-13-25(14-16-27)24-9-4-2-5-10-24;/h2-7,9-16,28-32,41-43H,8,17-22H2,1H3,(H,37,44)(H,38,45)(H,39,40)(H,46,47);/q;+1/p-1/t28-,29+,30+,31+,32+,36+;/m0./s1. The Morgan fingerprint density at radius 1 is 0.902 bits per heavy atom. The summed E-state index contributed by atoms with van der Waals surface area (Å²) in [6.07, 6.45) is -7.08. The van der Waals surface area contributed by atoms with Gasteiger partial charge in [0.15, 0.2) is 0 Å². The van der Waals surface area contributed by atoms with E-state index in [-0.39, 0.29) is 42.1 Å². The van der Waals surface area contributed by atoms with Crippen LogP contribution in [0.4, 0.5) is 0 Å². The monoisotopic (exact) mass is 731 g/mol. The summed E-state index contributed by atoms with van der Waals surface area (Å²) in [6, 6.07) is 23.8. The summed E-state index contributed by atoms with van der Waals surface area (Å²) in [5.74, 6) is -4.50. The molecule has 1 aliphatic rings. The number of aliphatic carboxylic acids is 1. The molecule has 15 heteroatoms. The molecule has 0 spiro atoms. The molecule has 0 aromatic heterocycles. The number of carboxylic acids is 1. The molecule has 3 aromatic rings. The second-order valence-corrected chi connectivity index (χ2v) is 13.0. The van der Waals surface area contributed by atoms with Gasteiger partial charge in [-0.1, -0.05) is 60.7 Å². The molecule has 1 heterocycles. The SMILES string of the molecule is CC(=O)N[C@H]1[C@H]([C@H](O)[C@H](O)CNC(=O)c2ccc(-c3ccccc3)cc2)O[C@@](OCCCSCCNC(=O)c2ccccc2)(C(=O)[O-])C[C@@H]1O.[Na+]. The van der Waals surface area contributed by atoms with Crippen LogP contribution in [0.3, 0.4) is 0 Å². The van der Waals surface area contributed by atoms with Crippen molar-refractivity contribution in [3.63, 3.8) is 0 Å². The molecule has 51 heavy (non-hydrogen) atoms. The van der Waals surface area contributed by atoms with Crippen molar-refractivity contribution in [2.24, 2.45) is 0 Å². The molecule has 6 N–H and O–H groups in total. The van der Waals surface area contributed by atoms with Crippen LogP contribution in [0, 0.1) is 0 Å². The molecule has 3 aromatic carbocycles. The number of carboxylic acid groups (broad SMARTS) is 1. The van der Waals surface area contributed by atoms with Crippen LogP contribution in [0.1, 0.15) is 40.5 Å². The Morgan fingerprint density at radius 2 is 1.49 bits per heavy atom. The number of carbonyl (C=O) groups is 4. The van der Waals surface area contributed by atoms with Crippen LogP contribution in [0.2, 0.25) is 0 Å². The smallest absolute Gasteiger partial charge is 0.544 e. The zero-order valence-corrected chi connectivity index (χ0v) is 31.3. The van der Waals surface area contributed by atoms with Crippen LogP contribution in [0.15, 0.2) is 84.9 Å². The zero-order chi connectivity index (χ0) is 36.1. The fourth-order valence-corrected chi connectivity index (χ4v) is 6.23. The fourth-order valence-electron chi connectivity index (χ4n) is 5.45. The molecule has 4 rings (SSSR count). The van der Waals surface area contributed by atoms with Crippen LogP contribution < -0.4 is 50.6 Å². The first-order valence-electron chi connectivity index (χ1n) is 16.2. The van der Waals surface area contributed by atoms with E-state index in [4.69, 9.17) is 9.47 Å². The van der Waals surface area contributed by atoms with E-state index >= 15 is 0 Å². The van der Waals surface area contributed by atoms with Gasteiger partial charge in [0.25, 0.3) is 11.8 Å². The Bertz CT molecular complexity index is 1570. The summed E-state index contributed by atoms with van der Waals surface area (Å²) in [4.78, 5) is 49.3. The van der Waals surface area contributed by atoms with Crippen molar-refractivity contribution in [2.75, 3.05) is 31.2 Å². The van der Waals surface area contributed by atoms with Crippen molar-refractivity contribution in [1.29, 1.82) is 0 Å². The van der Waals surface area contributed by atoms with Crippen molar-refractivity contribution in [3.8, 4) is 11.1 Å². The number of carbonyl (C=O) groups excluding carboxylic acids is 4. The van der Waals surface area contributed by atoms with E-state index in [0.717, 1.165) is 18.1 Å². The largest absolute Gasteiger partial charge is 1.00 e. The van der Waals surface area contributed by atoms with E-state index in [1.54, 1.807) is 48.5 Å². The maximum absolute atomic E-state index is 12.8. The number of hydrogen-bond acceptors (Lipinski definition) is 11. The van der Waals surface area contributed by atoms with Gasteiger partial charge in [-0.3, -0.25) is 14.4 Å². The third kappa shape index (κ3) is 12.1. The third-order valence-corrected chi connectivity index (χ3v) is 9.12. The van der Waals surface area contributed by atoms with Crippen molar-refractivity contribution >= 4 is 35.5 Å². The summed E-state index contributed by atoms with van der Waals surface area (Å²) in [6.45, 7) is 0.994. The van der Waals surface area contributed by atoms with Crippen molar-refractivity contribution in [3.05, 3.63) is 96.1 Å². The summed E-state index contributed by atoms with van der Waals surface area (Å²) < 4.78 is 11.3. The number of nitrogens with one attached hydrogen (secondary N) is 3. The van der Waals surface area contributed by atoms with Crippen LogP contribution in [0.5, 0.6) is 0 Å². The molecule has 3 amide bonds. The Balaban J connectivity index is 0.00000702. The Morgan fingerprint density at radius 3 is 2.12 bits per heavy atom. The molecule has 0 saturated carbocycles. The van der Waals surface area contributed by atoms with Gasteiger partial charge in [-0.05, 0) is 47.6 Å². The molecule has 0 bridgehead atoms. The molecular weight excluding hydrogens is 689 g/mol. The molecule has 268 valence electrons. The Kier molecular flexibility index (Phi) is 17.1. The molecule has 1 aliphatic heterocycles. The molecule has 1 saturated heterocycles. The number of hydrogen-bond donors (Lipinski definition) is 6. The van der Waals surface area contributed by atoms with Gasteiger partial charge in [-0.15, -0.1) is 0 Å². The maximum Gasteiger partial charge on any atom is 1.00 e. The summed E-state index contributed by atoms with van der Waals surface area (Å²) in [7, 11) is 0. The first-order valence-corrected chi connectivity index (χ1v) is 17.4. The van der Waals surface area contributed by atoms with E-state index in [2.05, 4.69) is 16.0 Å². The van der Waals surface area contributed by atoms with E-state index in [0.29, 0.717) is 35.6 Å². The van der Waals surface area contributed by atoms with Gasteiger partial charge in [0.1, 0.15) is 18.2 Å². The number of thioether (sulfide) groups is 1. The summed E-state index contributed by atoms with van der Waals surface area (Å²) in [5.41, 5.74) is 2.72. The number of ether oxygens (including phenoxy) is 2. The minimum absolute atomic E-state index is 0. The number of amides is 3. The maximum atomic E-state index is 12.8. The average molecular weight is 732 g/mol. The molecule has 13 nitrogen and oxygen atoms in total. The average Bonchev–Trinajstić information content (AvgIpc) is 3.12. The van der Waals surface area contributed by atoms with Crippen LogP contribution >= 0.6 is 11.8 Å². The van der Waals surface area contributed by atoms with Gasteiger partial charge in [-0.25, -0.2) is 0 Å². The summed E-state index contributed by atoms with van der Waals surface area (Å²) in [5, 5.41) is 53.0. The minimum Gasteiger partial charge on any atom is -0.544 e. The van der Waals surface area contributed by atoms with E-state index in [1.807, 2.05) is 36.4 Å². The number of aliphatic hydroxyl groups is 3. The topological polar surface area (TPSA) is 207 Å². The Hall–Kier alpha value is -3.31. The Labute approximate surface area is 322 Å². The number of rotatable bonds is 17. The van der Waals surface area contributed by atoms with Crippen molar-refractivity contribution in [1.82, 2.24) is 16.0 Å². The molecule has 1 fully saturated rings. The molecule has 0 aliphatic carbocycles. The molecule has 0 radical (unpaired) electrons. The van der Waals surface area contributed by atoms with Gasteiger partial charge in [0.05, 0.1) is 24.9 Å². The summed E-state index contributed by atoms with van der Waals surface area (Å²) >= 11 is 1.50. The predicted molar refractivity (Wildman–Crippen MR) is 184 cm³/mol. The van der Waals surface area contributed by atoms with Gasteiger partial charge < -0.3 is 50.6 Å². The first-order chi connectivity index (χ1) is 24.0. The predicted octanol–water partition coefficient (Wildman–Crippen LogP) is -2.52. The normalized spacial score (nSPS) is 21.0. The molecule has 6 atom stereocenters. The number of aliphatic hydroxyl groups excluding tert-OH is 3. The zero-order valence-electron chi connectivity index (χ0n) is 28.5. The minimum atomic E-state index is -2.50. The van der Waals surface area contributed by atoms with E-state index in [1.165, 1.54) is 11.8 Å². The van der Waals surface area contributed by atoms with Gasteiger partial charge in [0, 0.05) is 43.3 Å². The van der Waals surface area contributed by atoms with Gasteiger partial charge in [0.2, 0.25) is 11.7 Å². The third-order valence-electron chi connectivity index (χ3n) is 8.05. The van der Waals surface area contributed by atoms with Crippen LogP contribution in [-0.4, -0.2) is 106 Å². The molecule has 0 unspecified atom stereocenters.